The summed E-state index contributed by atoms with van der Waals surface area (Å²) in [6, 6.07) is 0. The van der Waals surface area contributed by atoms with Crippen molar-refractivity contribution < 1.29 is 9.59 Å². The first-order valence-corrected chi connectivity index (χ1v) is 4.38. The summed E-state index contributed by atoms with van der Waals surface area (Å²) in [6.07, 6.45) is 3.56. The second-order valence-electron chi connectivity index (χ2n) is 3.00. The molecule has 0 unspecified atom stereocenters. The molecule has 0 aromatic rings. The lowest BCUT2D eigenvalue weighted by atomic mass is 10.2. The van der Waals surface area contributed by atoms with Gasteiger partial charge in [-0.25, -0.2) is 0 Å². The molecule has 1 rings (SSSR count). The zero-order valence-electron chi connectivity index (χ0n) is 7.21. The van der Waals surface area contributed by atoms with Crippen LogP contribution in [0.25, 0.3) is 0 Å². The van der Waals surface area contributed by atoms with Crippen molar-refractivity contribution in [3.8, 4) is 0 Å². The van der Waals surface area contributed by atoms with Crippen LogP contribution in [-0.4, -0.2) is 23.3 Å². The second-order valence-corrected chi connectivity index (χ2v) is 3.00. The van der Waals surface area contributed by atoms with Crippen molar-refractivity contribution in [3.05, 3.63) is 6.92 Å². The first-order chi connectivity index (χ1) is 5.75. The molecule has 0 N–H and O–H groups in total. The van der Waals surface area contributed by atoms with Crippen molar-refractivity contribution in [3.63, 3.8) is 0 Å². The number of hydrogen-bond acceptors (Lipinski definition) is 2. The summed E-state index contributed by atoms with van der Waals surface area (Å²) in [4.78, 5) is 23.5. The third kappa shape index (κ3) is 2.06. The first-order valence-electron chi connectivity index (χ1n) is 4.38. The van der Waals surface area contributed by atoms with Gasteiger partial charge in [-0.3, -0.25) is 14.5 Å². The van der Waals surface area contributed by atoms with Gasteiger partial charge in [0.25, 0.3) is 0 Å². The highest BCUT2D eigenvalue weighted by Gasteiger charge is 2.27. The minimum absolute atomic E-state index is 0.0101. The topological polar surface area (TPSA) is 37.4 Å². The Labute approximate surface area is 72.7 Å². The molecule has 0 aromatic heterocycles. The molecule has 12 heavy (non-hydrogen) atoms. The van der Waals surface area contributed by atoms with Gasteiger partial charge in [0.05, 0.1) is 0 Å². The van der Waals surface area contributed by atoms with E-state index in [9.17, 15) is 9.59 Å². The molecule has 3 nitrogen and oxygen atoms in total. The van der Waals surface area contributed by atoms with E-state index in [1.54, 1.807) is 0 Å². The van der Waals surface area contributed by atoms with Gasteiger partial charge in [0.1, 0.15) is 0 Å². The van der Waals surface area contributed by atoms with Crippen LogP contribution >= 0.6 is 0 Å². The molecular weight excluding hydrogens is 154 g/mol. The summed E-state index contributed by atoms with van der Waals surface area (Å²) in [5, 5.41) is 0. The molecule has 1 radical (unpaired) electrons. The van der Waals surface area contributed by atoms with Crippen LogP contribution in [0.4, 0.5) is 0 Å². The number of amides is 2. The van der Waals surface area contributed by atoms with Gasteiger partial charge in [-0.2, -0.15) is 0 Å². The highest BCUT2D eigenvalue weighted by atomic mass is 16.2. The molecule has 0 spiro atoms. The van der Waals surface area contributed by atoms with Gasteiger partial charge in [0, 0.05) is 19.4 Å². The Morgan fingerprint density at radius 2 is 1.75 bits per heavy atom. The molecule has 0 bridgehead atoms. The quantitative estimate of drug-likeness (QED) is 0.466. The minimum Gasteiger partial charge on any atom is -0.283 e. The predicted molar refractivity (Wildman–Crippen MR) is 45.2 cm³/mol. The molecule has 67 valence electrons. The van der Waals surface area contributed by atoms with Gasteiger partial charge in [0.15, 0.2) is 0 Å². The Balaban J connectivity index is 2.30. The fourth-order valence-electron chi connectivity index (χ4n) is 1.32. The zero-order valence-corrected chi connectivity index (χ0v) is 7.21. The lowest BCUT2D eigenvalue weighted by Crippen LogP contribution is -2.29. The smallest absolute Gasteiger partial charge is 0.229 e. The van der Waals surface area contributed by atoms with Crippen molar-refractivity contribution in [2.24, 2.45) is 0 Å². The van der Waals surface area contributed by atoms with E-state index in [0.717, 1.165) is 19.3 Å². The molecule has 2 amide bonds. The van der Waals surface area contributed by atoms with Gasteiger partial charge in [-0.05, 0) is 6.42 Å². The number of likely N-dealkylation sites (tertiary alicyclic amines) is 1. The van der Waals surface area contributed by atoms with E-state index in [4.69, 9.17) is 0 Å². The number of imide groups is 1. The standard InChI is InChI=1S/C9H14NO2/c1-2-3-4-7-10-8(11)5-6-9(10)12/h1-7H2. The van der Waals surface area contributed by atoms with Crippen LogP contribution in [0.5, 0.6) is 0 Å². The second kappa shape index (κ2) is 4.24. The number of unbranched alkanes of at least 4 members (excludes halogenated alkanes) is 2. The van der Waals surface area contributed by atoms with Crippen molar-refractivity contribution in [2.45, 2.75) is 32.1 Å². The minimum atomic E-state index is -0.0101. The van der Waals surface area contributed by atoms with E-state index in [-0.39, 0.29) is 11.8 Å². The van der Waals surface area contributed by atoms with E-state index in [1.165, 1.54) is 4.90 Å². The van der Waals surface area contributed by atoms with Gasteiger partial charge in [0.2, 0.25) is 11.8 Å². The fourth-order valence-corrected chi connectivity index (χ4v) is 1.32. The van der Waals surface area contributed by atoms with Gasteiger partial charge in [-0.15, -0.1) is 0 Å². The van der Waals surface area contributed by atoms with Crippen LogP contribution in [-0.2, 0) is 9.59 Å². The van der Waals surface area contributed by atoms with E-state index in [2.05, 4.69) is 6.92 Å². The molecule has 0 aromatic carbocycles. The van der Waals surface area contributed by atoms with Crippen LogP contribution in [0.2, 0.25) is 0 Å². The molecule has 1 saturated heterocycles. The average molecular weight is 168 g/mol. The number of nitrogens with zero attached hydrogens (tertiary/aromatic N) is 1. The third-order valence-corrected chi connectivity index (χ3v) is 2.04. The van der Waals surface area contributed by atoms with E-state index in [1.807, 2.05) is 0 Å². The number of carbonyl (C=O) groups is 2. The van der Waals surface area contributed by atoms with E-state index >= 15 is 0 Å². The molecule has 0 atom stereocenters. The SMILES string of the molecule is [CH2]CCCCN1C(=O)CCC1=O. The fraction of sp³-hybridized carbons (Fsp3) is 0.667. The molecule has 0 aliphatic carbocycles. The molecule has 1 aliphatic heterocycles. The van der Waals surface area contributed by atoms with Gasteiger partial charge in [-0.1, -0.05) is 19.8 Å². The summed E-state index contributed by atoms with van der Waals surface area (Å²) in [5.41, 5.74) is 0. The normalized spacial score (nSPS) is 17.6. The Hall–Kier alpha value is -0.860. The summed E-state index contributed by atoms with van der Waals surface area (Å²) >= 11 is 0. The largest absolute Gasteiger partial charge is 0.283 e. The van der Waals surface area contributed by atoms with Crippen LogP contribution in [0.3, 0.4) is 0 Å². The Morgan fingerprint density at radius 3 is 2.25 bits per heavy atom. The summed E-state index contributed by atoms with van der Waals surface area (Å²) in [7, 11) is 0. The molecule has 3 heteroatoms. The number of hydrogen-bond donors (Lipinski definition) is 0. The molecule has 0 saturated carbocycles. The van der Waals surface area contributed by atoms with Gasteiger partial charge >= 0.3 is 0 Å². The molecular formula is C9H14NO2. The summed E-state index contributed by atoms with van der Waals surface area (Å²) in [6.45, 7) is 4.29. The average Bonchev–Trinajstić information content (AvgIpc) is 2.35. The summed E-state index contributed by atoms with van der Waals surface area (Å²) < 4.78 is 0. The Bertz CT molecular complexity index is 173. The molecule has 1 aliphatic rings. The van der Waals surface area contributed by atoms with Crippen molar-refractivity contribution >= 4 is 11.8 Å². The number of carbonyl (C=O) groups excluding carboxylic acids is 2. The van der Waals surface area contributed by atoms with Gasteiger partial charge < -0.3 is 0 Å². The predicted octanol–water partition coefficient (Wildman–Crippen LogP) is 1.14. The highest BCUT2D eigenvalue weighted by Crippen LogP contribution is 2.12. The maximum Gasteiger partial charge on any atom is 0.229 e. The van der Waals surface area contributed by atoms with Crippen LogP contribution in [0.15, 0.2) is 0 Å². The van der Waals surface area contributed by atoms with E-state index in [0.29, 0.717) is 19.4 Å². The van der Waals surface area contributed by atoms with Crippen molar-refractivity contribution in [1.82, 2.24) is 4.90 Å². The van der Waals surface area contributed by atoms with Crippen LogP contribution in [0.1, 0.15) is 32.1 Å². The molecule has 1 fully saturated rings. The maximum absolute atomic E-state index is 11.1. The maximum atomic E-state index is 11.1. The van der Waals surface area contributed by atoms with Crippen LogP contribution < -0.4 is 0 Å². The lowest BCUT2D eigenvalue weighted by molar-refractivity contribution is -0.138. The lowest BCUT2D eigenvalue weighted by Gasteiger charge is -2.12. The first kappa shape index (κ1) is 9.23. The summed E-state index contributed by atoms with van der Waals surface area (Å²) in [5.74, 6) is -0.0203. The monoisotopic (exact) mass is 168 g/mol. The van der Waals surface area contributed by atoms with Crippen molar-refractivity contribution in [1.29, 1.82) is 0 Å². The Kier molecular flexibility index (Phi) is 3.26. The Morgan fingerprint density at radius 1 is 1.17 bits per heavy atom. The third-order valence-electron chi connectivity index (χ3n) is 2.04. The van der Waals surface area contributed by atoms with Crippen molar-refractivity contribution in [2.75, 3.05) is 6.54 Å². The van der Waals surface area contributed by atoms with E-state index < -0.39 is 0 Å². The van der Waals surface area contributed by atoms with Crippen LogP contribution in [0, 0.1) is 6.92 Å². The zero-order chi connectivity index (χ0) is 8.97. The molecule has 1 heterocycles. The highest BCUT2D eigenvalue weighted by molar-refractivity contribution is 6.01. The number of rotatable bonds is 4.